The van der Waals surface area contributed by atoms with E-state index in [4.69, 9.17) is 11.0 Å². The van der Waals surface area contributed by atoms with Crippen LogP contribution in [0, 0.1) is 11.3 Å². The molecule has 0 amide bonds. The van der Waals surface area contributed by atoms with Crippen molar-refractivity contribution >= 4 is 5.69 Å². The number of hydrogen-bond donors (Lipinski definition) is 2. The van der Waals surface area contributed by atoms with Crippen LogP contribution in [0.4, 0.5) is 5.69 Å². The number of nitrogens with zero attached hydrogens (tertiary/aromatic N) is 2. The Balaban J connectivity index is 2.52. The lowest BCUT2D eigenvalue weighted by molar-refractivity contribution is 0.873. The predicted octanol–water partition coefficient (Wildman–Crippen LogP) is 0.714. The van der Waals surface area contributed by atoms with Gasteiger partial charge < -0.3 is 11.1 Å². The smallest absolute Gasteiger partial charge is 0.101 e. The SMILES string of the molecule is N#Cc1cncc(NCCCN)c1. The van der Waals surface area contributed by atoms with E-state index < -0.39 is 0 Å². The zero-order chi connectivity index (χ0) is 9.52. The molecule has 0 aliphatic heterocycles. The first-order valence-corrected chi connectivity index (χ1v) is 4.16. The van der Waals surface area contributed by atoms with Crippen LogP contribution in [0.5, 0.6) is 0 Å². The number of anilines is 1. The maximum Gasteiger partial charge on any atom is 0.101 e. The van der Waals surface area contributed by atoms with Crippen molar-refractivity contribution in [2.24, 2.45) is 5.73 Å². The fourth-order valence-electron chi connectivity index (χ4n) is 0.933. The van der Waals surface area contributed by atoms with Crippen molar-refractivity contribution in [3.05, 3.63) is 24.0 Å². The van der Waals surface area contributed by atoms with E-state index in [0.29, 0.717) is 12.1 Å². The van der Waals surface area contributed by atoms with E-state index in [1.807, 2.05) is 6.07 Å². The van der Waals surface area contributed by atoms with Crippen molar-refractivity contribution in [1.29, 1.82) is 5.26 Å². The molecule has 0 spiro atoms. The van der Waals surface area contributed by atoms with Gasteiger partial charge in [0.1, 0.15) is 6.07 Å². The molecule has 1 heterocycles. The summed E-state index contributed by atoms with van der Waals surface area (Å²) in [6, 6.07) is 3.80. The van der Waals surface area contributed by atoms with E-state index >= 15 is 0 Å². The van der Waals surface area contributed by atoms with Gasteiger partial charge in [0.2, 0.25) is 0 Å². The normalized spacial score (nSPS) is 9.23. The minimum absolute atomic E-state index is 0.567. The van der Waals surface area contributed by atoms with E-state index in [1.54, 1.807) is 12.3 Å². The Morgan fingerprint density at radius 3 is 3.08 bits per heavy atom. The van der Waals surface area contributed by atoms with Gasteiger partial charge in [0, 0.05) is 12.7 Å². The van der Waals surface area contributed by atoms with Crippen LogP contribution in [0.15, 0.2) is 18.5 Å². The van der Waals surface area contributed by atoms with Crippen LogP contribution in [0.1, 0.15) is 12.0 Å². The molecule has 4 nitrogen and oxygen atoms in total. The highest BCUT2D eigenvalue weighted by Crippen LogP contribution is 2.06. The van der Waals surface area contributed by atoms with Gasteiger partial charge >= 0.3 is 0 Å². The van der Waals surface area contributed by atoms with Crippen LogP contribution < -0.4 is 11.1 Å². The quantitative estimate of drug-likeness (QED) is 0.663. The number of aromatic nitrogens is 1. The summed E-state index contributed by atoms with van der Waals surface area (Å²) in [5.74, 6) is 0. The van der Waals surface area contributed by atoms with Crippen LogP contribution in [0.25, 0.3) is 0 Å². The zero-order valence-corrected chi connectivity index (χ0v) is 7.33. The van der Waals surface area contributed by atoms with Gasteiger partial charge in [-0.15, -0.1) is 0 Å². The topological polar surface area (TPSA) is 74.7 Å². The Kier molecular flexibility index (Phi) is 3.74. The third-order valence-corrected chi connectivity index (χ3v) is 1.58. The Morgan fingerprint density at radius 2 is 2.38 bits per heavy atom. The Bertz CT molecular complexity index is 303. The molecule has 0 atom stereocenters. The molecule has 0 unspecified atom stereocenters. The summed E-state index contributed by atoms with van der Waals surface area (Å²) in [6.45, 7) is 1.48. The highest BCUT2D eigenvalue weighted by molar-refractivity contribution is 5.46. The van der Waals surface area contributed by atoms with Crippen molar-refractivity contribution in [2.45, 2.75) is 6.42 Å². The average molecular weight is 176 g/mol. The van der Waals surface area contributed by atoms with E-state index in [-0.39, 0.29) is 0 Å². The third-order valence-electron chi connectivity index (χ3n) is 1.58. The fourth-order valence-corrected chi connectivity index (χ4v) is 0.933. The molecule has 1 aromatic rings. The molecule has 0 bridgehead atoms. The van der Waals surface area contributed by atoms with Crippen molar-refractivity contribution in [3.63, 3.8) is 0 Å². The predicted molar refractivity (Wildman–Crippen MR) is 51.1 cm³/mol. The first-order chi connectivity index (χ1) is 6.36. The summed E-state index contributed by atoms with van der Waals surface area (Å²) in [7, 11) is 0. The molecule has 1 aromatic heterocycles. The molecule has 0 aromatic carbocycles. The number of hydrogen-bond acceptors (Lipinski definition) is 4. The Morgan fingerprint density at radius 1 is 1.54 bits per heavy atom. The molecule has 1 rings (SSSR count). The average Bonchev–Trinajstić information content (AvgIpc) is 2.19. The molecule has 0 aliphatic carbocycles. The maximum absolute atomic E-state index is 8.60. The van der Waals surface area contributed by atoms with Crippen molar-refractivity contribution < 1.29 is 0 Å². The lowest BCUT2D eigenvalue weighted by atomic mass is 10.3. The monoisotopic (exact) mass is 176 g/mol. The molecule has 0 aliphatic rings. The molecule has 0 saturated carbocycles. The van der Waals surface area contributed by atoms with Gasteiger partial charge in [-0.05, 0) is 19.0 Å². The minimum atomic E-state index is 0.567. The molecule has 68 valence electrons. The second-order valence-corrected chi connectivity index (χ2v) is 2.64. The number of rotatable bonds is 4. The van der Waals surface area contributed by atoms with Gasteiger partial charge in [0.05, 0.1) is 17.4 Å². The van der Waals surface area contributed by atoms with E-state index in [2.05, 4.69) is 10.3 Å². The summed E-state index contributed by atoms with van der Waals surface area (Å²) in [4.78, 5) is 3.92. The fraction of sp³-hybridized carbons (Fsp3) is 0.333. The standard InChI is InChI=1S/C9H12N4/c10-2-1-3-13-9-4-8(5-11)6-12-7-9/h4,6-7,13H,1-3,10H2. The highest BCUT2D eigenvalue weighted by Gasteiger charge is 1.93. The number of pyridine rings is 1. The van der Waals surface area contributed by atoms with Crippen molar-refractivity contribution in [2.75, 3.05) is 18.4 Å². The first kappa shape index (κ1) is 9.49. The summed E-state index contributed by atoms with van der Waals surface area (Å²) >= 11 is 0. The molecule has 3 N–H and O–H groups in total. The number of nitrogens with two attached hydrogens (primary N) is 1. The second kappa shape index (κ2) is 5.12. The summed E-state index contributed by atoms with van der Waals surface area (Å²) < 4.78 is 0. The molecular formula is C9H12N4. The molecule has 13 heavy (non-hydrogen) atoms. The number of nitriles is 1. The Hall–Kier alpha value is -1.60. The van der Waals surface area contributed by atoms with Crippen LogP contribution in [-0.4, -0.2) is 18.1 Å². The van der Waals surface area contributed by atoms with Crippen LogP contribution >= 0.6 is 0 Å². The van der Waals surface area contributed by atoms with E-state index in [0.717, 1.165) is 18.7 Å². The van der Waals surface area contributed by atoms with Crippen LogP contribution in [0.3, 0.4) is 0 Å². The number of nitrogens with one attached hydrogen (secondary N) is 1. The van der Waals surface area contributed by atoms with Gasteiger partial charge in [0.25, 0.3) is 0 Å². The van der Waals surface area contributed by atoms with Crippen molar-refractivity contribution in [1.82, 2.24) is 4.98 Å². The maximum atomic E-state index is 8.60. The van der Waals surface area contributed by atoms with Gasteiger partial charge in [0.15, 0.2) is 0 Å². The van der Waals surface area contributed by atoms with E-state index in [1.165, 1.54) is 6.20 Å². The van der Waals surface area contributed by atoms with Gasteiger partial charge in [-0.1, -0.05) is 0 Å². The lowest BCUT2D eigenvalue weighted by Crippen LogP contribution is -2.08. The summed E-state index contributed by atoms with van der Waals surface area (Å²) in [5, 5.41) is 11.7. The minimum Gasteiger partial charge on any atom is -0.384 e. The summed E-state index contributed by atoms with van der Waals surface area (Å²) in [6.07, 6.45) is 4.14. The molecular weight excluding hydrogens is 164 g/mol. The van der Waals surface area contributed by atoms with Gasteiger partial charge in [-0.25, -0.2) is 0 Å². The van der Waals surface area contributed by atoms with Crippen molar-refractivity contribution in [3.8, 4) is 6.07 Å². The van der Waals surface area contributed by atoms with Crippen LogP contribution in [0.2, 0.25) is 0 Å². The Labute approximate surface area is 77.4 Å². The summed E-state index contributed by atoms with van der Waals surface area (Å²) in [5.41, 5.74) is 6.78. The van der Waals surface area contributed by atoms with Crippen LogP contribution in [-0.2, 0) is 0 Å². The highest BCUT2D eigenvalue weighted by atomic mass is 14.9. The van der Waals surface area contributed by atoms with Gasteiger partial charge in [-0.2, -0.15) is 5.26 Å². The molecule has 0 fully saturated rings. The molecule has 0 radical (unpaired) electrons. The lowest BCUT2D eigenvalue weighted by Gasteiger charge is -2.03. The zero-order valence-electron chi connectivity index (χ0n) is 7.33. The van der Waals surface area contributed by atoms with E-state index in [9.17, 15) is 0 Å². The first-order valence-electron chi connectivity index (χ1n) is 4.16. The van der Waals surface area contributed by atoms with Gasteiger partial charge in [-0.3, -0.25) is 4.98 Å². The molecule has 0 saturated heterocycles. The third kappa shape index (κ3) is 3.09. The largest absolute Gasteiger partial charge is 0.384 e. The second-order valence-electron chi connectivity index (χ2n) is 2.64. The molecule has 4 heteroatoms.